The fourth-order valence-corrected chi connectivity index (χ4v) is 1.85. The zero-order valence-electron chi connectivity index (χ0n) is 8.27. The van der Waals surface area contributed by atoms with Crippen molar-refractivity contribution >= 4 is 23.0 Å². The molecular weight excluding hydrogens is 210 g/mol. The van der Waals surface area contributed by atoms with E-state index >= 15 is 0 Å². The van der Waals surface area contributed by atoms with Gasteiger partial charge in [-0.1, -0.05) is 0 Å². The number of nitrogens with one attached hydrogen (secondary N) is 1. The van der Waals surface area contributed by atoms with Crippen molar-refractivity contribution < 1.29 is 0 Å². The molecule has 0 bridgehead atoms. The first-order valence-electron chi connectivity index (χ1n) is 4.47. The Labute approximate surface area is 91.4 Å². The second-order valence-corrected chi connectivity index (χ2v) is 4.33. The van der Waals surface area contributed by atoms with Gasteiger partial charge in [-0.25, -0.2) is 15.0 Å². The number of hydrogen-bond acceptors (Lipinski definition) is 6. The van der Waals surface area contributed by atoms with E-state index in [2.05, 4.69) is 20.3 Å². The first-order valence-corrected chi connectivity index (χ1v) is 5.29. The molecule has 0 amide bonds. The molecule has 0 aliphatic rings. The summed E-state index contributed by atoms with van der Waals surface area (Å²) in [5.41, 5.74) is 5.64. The first-order chi connectivity index (χ1) is 7.25. The van der Waals surface area contributed by atoms with Crippen LogP contribution in [0.3, 0.4) is 0 Å². The van der Waals surface area contributed by atoms with Crippen molar-refractivity contribution in [3.05, 3.63) is 28.5 Å². The van der Waals surface area contributed by atoms with Crippen LogP contribution in [0, 0.1) is 6.92 Å². The molecule has 15 heavy (non-hydrogen) atoms. The summed E-state index contributed by atoms with van der Waals surface area (Å²) in [6.07, 6.45) is 5.02. The lowest BCUT2D eigenvalue weighted by Gasteiger charge is -2.04. The molecule has 2 heterocycles. The van der Waals surface area contributed by atoms with Gasteiger partial charge in [0.15, 0.2) is 11.6 Å². The molecule has 0 radical (unpaired) electrons. The van der Waals surface area contributed by atoms with Gasteiger partial charge in [0.25, 0.3) is 0 Å². The highest BCUT2D eigenvalue weighted by molar-refractivity contribution is 7.11. The molecule has 5 nitrogen and oxygen atoms in total. The maximum absolute atomic E-state index is 5.64. The minimum atomic E-state index is 0.408. The number of anilines is 2. The average molecular weight is 221 g/mol. The zero-order valence-corrected chi connectivity index (χ0v) is 9.08. The van der Waals surface area contributed by atoms with Crippen LogP contribution in [0.2, 0.25) is 0 Å². The predicted octanol–water partition coefficient (Wildman–Crippen LogP) is 1.44. The van der Waals surface area contributed by atoms with E-state index in [1.54, 1.807) is 23.7 Å². The van der Waals surface area contributed by atoms with Crippen molar-refractivity contribution in [2.45, 2.75) is 13.5 Å². The van der Waals surface area contributed by atoms with Crippen molar-refractivity contribution in [1.29, 1.82) is 0 Å². The molecule has 0 aliphatic heterocycles. The van der Waals surface area contributed by atoms with Crippen LogP contribution in [-0.4, -0.2) is 15.0 Å². The van der Waals surface area contributed by atoms with Crippen LogP contribution in [0.4, 0.5) is 11.6 Å². The lowest BCUT2D eigenvalue weighted by molar-refractivity contribution is 1.07. The summed E-state index contributed by atoms with van der Waals surface area (Å²) in [6.45, 7) is 2.65. The number of thiazole rings is 1. The largest absolute Gasteiger partial charge is 0.381 e. The van der Waals surface area contributed by atoms with Crippen LogP contribution >= 0.6 is 11.3 Å². The van der Waals surface area contributed by atoms with E-state index in [1.165, 1.54) is 4.88 Å². The van der Waals surface area contributed by atoms with Gasteiger partial charge < -0.3 is 11.1 Å². The number of nitrogen functional groups attached to an aromatic ring is 1. The highest BCUT2D eigenvalue weighted by Gasteiger charge is 2.02. The molecule has 2 aromatic rings. The van der Waals surface area contributed by atoms with E-state index in [0.717, 1.165) is 5.01 Å². The summed E-state index contributed by atoms with van der Waals surface area (Å²) in [7, 11) is 0. The summed E-state index contributed by atoms with van der Waals surface area (Å²) >= 11 is 1.65. The molecule has 0 fully saturated rings. The van der Waals surface area contributed by atoms with Gasteiger partial charge in [-0.05, 0) is 6.92 Å². The van der Waals surface area contributed by atoms with Crippen molar-refractivity contribution in [3.63, 3.8) is 0 Å². The normalized spacial score (nSPS) is 10.2. The highest BCUT2D eigenvalue weighted by atomic mass is 32.1. The number of nitrogens with two attached hydrogens (primary N) is 1. The molecule has 2 aromatic heterocycles. The van der Waals surface area contributed by atoms with Crippen molar-refractivity contribution in [1.82, 2.24) is 15.0 Å². The van der Waals surface area contributed by atoms with E-state index in [0.29, 0.717) is 18.2 Å². The Morgan fingerprint density at radius 2 is 2.13 bits per heavy atom. The van der Waals surface area contributed by atoms with E-state index < -0.39 is 0 Å². The monoisotopic (exact) mass is 221 g/mol. The predicted molar refractivity (Wildman–Crippen MR) is 60.6 cm³/mol. The molecule has 0 atom stereocenters. The van der Waals surface area contributed by atoms with Gasteiger partial charge in [0.2, 0.25) is 0 Å². The SMILES string of the molecule is Cc1cnc(CNc2nccnc2N)s1. The van der Waals surface area contributed by atoms with E-state index in [1.807, 2.05) is 13.1 Å². The summed E-state index contributed by atoms with van der Waals surface area (Å²) in [6, 6.07) is 0. The van der Waals surface area contributed by atoms with Gasteiger partial charge >= 0.3 is 0 Å². The Morgan fingerprint density at radius 1 is 1.33 bits per heavy atom. The third-order valence-electron chi connectivity index (χ3n) is 1.80. The van der Waals surface area contributed by atoms with Crippen LogP contribution in [-0.2, 0) is 6.54 Å². The topological polar surface area (TPSA) is 76.7 Å². The van der Waals surface area contributed by atoms with E-state index in [9.17, 15) is 0 Å². The van der Waals surface area contributed by atoms with Crippen molar-refractivity contribution in [2.75, 3.05) is 11.1 Å². The summed E-state index contributed by atoms with van der Waals surface area (Å²) < 4.78 is 0. The van der Waals surface area contributed by atoms with Crippen LogP contribution in [0.25, 0.3) is 0 Å². The zero-order chi connectivity index (χ0) is 10.7. The maximum Gasteiger partial charge on any atom is 0.169 e. The van der Waals surface area contributed by atoms with E-state index in [4.69, 9.17) is 5.73 Å². The quantitative estimate of drug-likeness (QED) is 0.820. The molecule has 0 saturated heterocycles. The summed E-state index contributed by atoms with van der Waals surface area (Å²) in [5.74, 6) is 1.01. The van der Waals surface area contributed by atoms with Gasteiger partial charge in [-0.15, -0.1) is 11.3 Å². The average Bonchev–Trinajstić information content (AvgIpc) is 2.63. The summed E-state index contributed by atoms with van der Waals surface area (Å²) in [4.78, 5) is 13.4. The fourth-order valence-electron chi connectivity index (χ4n) is 1.13. The van der Waals surface area contributed by atoms with Gasteiger partial charge in [-0.3, -0.25) is 0 Å². The third-order valence-corrected chi connectivity index (χ3v) is 2.72. The second kappa shape index (κ2) is 4.22. The Kier molecular flexibility index (Phi) is 2.77. The Bertz CT molecular complexity index is 453. The van der Waals surface area contributed by atoms with E-state index in [-0.39, 0.29) is 0 Å². The Balaban J connectivity index is 2.02. The molecule has 3 N–H and O–H groups in total. The number of rotatable bonds is 3. The Hall–Kier alpha value is -1.69. The summed E-state index contributed by atoms with van der Waals surface area (Å²) in [5, 5.41) is 4.10. The molecule has 0 spiro atoms. The second-order valence-electron chi connectivity index (χ2n) is 3.01. The van der Waals surface area contributed by atoms with Crippen molar-refractivity contribution in [2.24, 2.45) is 0 Å². The number of aromatic nitrogens is 3. The molecule has 0 saturated carbocycles. The van der Waals surface area contributed by atoms with Crippen LogP contribution < -0.4 is 11.1 Å². The van der Waals surface area contributed by atoms with Crippen LogP contribution in [0.1, 0.15) is 9.88 Å². The van der Waals surface area contributed by atoms with Gasteiger partial charge in [-0.2, -0.15) is 0 Å². The minimum absolute atomic E-state index is 0.408. The van der Waals surface area contributed by atoms with Gasteiger partial charge in [0, 0.05) is 23.5 Å². The lowest BCUT2D eigenvalue weighted by Crippen LogP contribution is -2.05. The van der Waals surface area contributed by atoms with Gasteiger partial charge in [0.05, 0.1) is 6.54 Å². The number of aryl methyl sites for hydroxylation is 1. The molecule has 78 valence electrons. The van der Waals surface area contributed by atoms with Crippen LogP contribution in [0.15, 0.2) is 18.6 Å². The highest BCUT2D eigenvalue weighted by Crippen LogP contribution is 2.15. The molecule has 2 rings (SSSR count). The van der Waals surface area contributed by atoms with Crippen molar-refractivity contribution in [3.8, 4) is 0 Å². The molecule has 0 aromatic carbocycles. The molecule has 6 heteroatoms. The maximum atomic E-state index is 5.64. The number of hydrogen-bond donors (Lipinski definition) is 2. The minimum Gasteiger partial charge on any atom is -0.381 e. The smallest absolute Gasteiger partial charge is 0.169 e. The first kappa shape index (κ1) is 9.85. The molecule has 0 unspecified atom stereocenters. The van der Waals surface area contributed by atoms with Crippen LogP contribution in [0.5, 0.6) is 0 Å². The molecular formula is C9H11N5S. The fraction of sp³-hybridized carbons (Fsp3) is 0.222. The lowest BCUT2D eigenvalue weighted by atomic mass is 10.5. The third kappa shape index (κ3) is 2.41. The Morgan fingerprint density at radius 3 is 2.80 bits per heavy atom. The standard InChI is InChI=1S/C9H11N5S/c1-6-4-13-7(15-6)5-14-9-8(10)11-2-3-12-9/h2-4H,5H2,1H3,(H2,10,11)(H,12,14). The molecule has 0 aliphatic carbocycles. The number of nitrogens with zero attached hydrogens (tertiary/aromatic N) is 3. The van der Waals surface area contributed by atoms with Gasteiger partial charge in [0.1, 0.15) is 5.01 Å².